The third-order valence-electron chi connectivity index (χ3n) is 3.09. The third-order valence-corrected chi connectivity index (χ3v) is 3.96. The molecule has 0 spiro atoms. The van der Waals surface area contributed by atoms with Crippen molar-refractivity contribution in [1.82, 2.24) is 15.5 Å². The van der Waals surface area contributed by atoms with E-state index in [1.807, 2.05) is 5.38 Å². The summed E-state index contributed by atoms with van der Waals surface area (Å²) in [6, 6.07) is 2.90. The van der Waals surface area contributed by atoms with Crippen LogP contribution in [-0.2, 0) is 9.59 Å². The summed E-state index contributed by atoms with van der Waals surface area (Å²) in [7, 11) is 0. The summed E-state index contributed by atoms with van der Waals surface area (Å²) in [5.74, 6) is -0.452. The molecule has 3 amide bonds. The van der Waals surface area contributed by atoms with E-state index in [2.05, 4.69) is 10.6 Å². The molecule has 2 N–H and O–H groups in total. The van der Waals surface area contributed by atoms with Crippen molar-refractivity contribution in [2.75, 3.05) is 19.6 Å². The van der Waals surface area contributed by atoms with E-state index >= 15 is 0 Å². The van der Waals surface area contributed by atoms with Crippen LogP contribution in [0.3, 0.4) is 0 Å². The fourth-order valence-corrected chi connectivity index (χ4v) is 2.63. The van der Waals surface area contributed by atoms with Gasteiger partial charge in [-0.1, -0.05) is 6.07 Å². The minimum atomic E-state index is -0.599. The van der Waals surface area contributed by atoms with Crippen LogP contribution < -0.4 is 10.6 Å². The van der Waals surface area contributed by atoms with Crippen molar-refractivity contribution in [1.29, 1.82) is 0 Å². The minimum absolute atomic E-state index is 0.0458. The summed E-state index contributed by atoms with van der Waals surface area (Å²) in [5.41, 5.74) is 0. The lowest BCUT2D eigenvalue weighted by Crippen LogP contribution is -2.47. The first-order valence-electron chi connectivity index (χ1n) is 6.48. The topological polar surface area (TPSA) is 78.5 Å². The Labute approximate surface area is 121 Å². The molecule has 1 saturated heterocycles. The maximum Gasteiger partial charge on any atom is 0.261 e. The second-order valence-electron chi connectivity index (χ2n) is 4.60. The van der Waals surface area contributed by atoms with Crippen molar-refractivity contribution in [3.8, 4) is 0 Å². The van der Waals surface area contributed by atoms with Crippen LogP contribution in [0.4, 0.5) is 0 Å². The van der Waals surface area contributed by atoms with Crippen LogP contribution in [-0.4, -0.2) is 48.3 Å². The van der Waals surface area contributed by atoms with E-state index in [1.165, 1.54) is 11.3 Å². The summed E-state index contributed by atoms with van der Waals surface area (Å²) < 4.78 is 0. The van der Waals surface area contributed by atoms with Gasteiger partial charge in [-0.15, -0.1) is 11.3 Å². The second-order valence-corrected chi connectivity index (χ2v) is 5.55. The van der Waals surface area contributed by atoms with Gasteiger partial charge in [-0.05, 0) is 18.4 Å². The summed E-state index contributed by atoms with van der Waals surface area (Å²) >= 11 is 1.33. The molecule has 1 aliphatic rings. The first-order chi connectivity index (χ1) is 9.58. The lowest BCUT2D eigenvalue weighted by atomic mass is 10.2. The highest BCUT2D eigenvalue weighted by molar-refractivity contribution is 7.12. The molecule has 2 heterocycles. The number of carbonyl (C=O) groups excluding carboxylic acids is 3. The largest absolute Gasteiger partial charge is 0.354 e. The van der Waals surface area contributed by atoms with Crippen molar-refractivity contribution >= 4 is 29.1 Å². The first-order valence-corrected chi connectivity index (χ1v) is 7.36. The minimum Gasteiger partial charge on any atom is -0.354 e. The van der Waals surface area contributed by atoms with Crippen LogP contribution in [0.25, 0.3) is 0 Å². The fraction of sp³-hybridized carbons (Fsp3) is 0.462. The molecule has 0 saturated carbocycles. The van der Waals surface area contributed by atoms with Gasteiger partial charge in [-0.3, -0.25) is 14.4 Å². The van der Waals surface area contributed by atoms with E-state index in [0.717, 1.165) is 0 Å². The molecule has 1 aliphatic heterocycles. The molecule has 1 aromatic rings. The second kappa shape index (κ2) is 6.51. The number of hydrogen-bond acceptors (Lipinski definition) is 4. The zero-order valence-electron chi connectivity index (χ0n) is 11.2. The van der Waals surface area contributed by atoms with Crippen LogP contribution >= 0.6 is 11.3 Å². The van der Waals surface area contributed by atoms with Gasteiger partial charge in [0.05, 0.1) is 4.88 Å². The predicted octanol–water partition coefficient (Wildman–Crippen LogP) is 0.215. The first kappa shape index (κ1) is 14.5. The Balaban J connectivity index is 1.91. The highest BCUT2D eigenvalue weighted by Crippen LogP contribution is 2.09. The zero-order chi connectivity index (χ0) is 14.5. The Morgan fingerprint density at radius 2 is 2.25 bits per heavy atom. The molecule has 6 nitrogen and oxygen atoms in total. The van der Waals surface area contributed by atoms with E-state index in [4.69, 9.17) is 0 Å². The monoisotopic (exact) mass is 295 g/mol. The summed E-state index contributed by atoms with van der Waals surface area (Å²) in [4.78, 5) is 37.5. The number of thiophene rings is 1. The average Bonchev–Trinajstić information content (AvgIpc) is 2.88. The van der Waals surface area contributed by atoms with Gasteiger partial charge in [0, 0.05) is 26.1 Å². The van der Waals surface area contributed by atoms with E-state index < -0.39 is 6.04 Å². The number of nitrogens with one attached hydrogen (secondary N) is 2. The zero-order valence-corrected chi connectivity index (χ0v) is 12.0. The van der Waals surface area contributed by atoms with Gasteiger partial charge in [0.2, 0.25) is 11.8 Å². The molecular weight excluding hydrogens is 278 g/mol. The Hall–Kier alpha value is -1.89. The van der Waals surface area contributed by atoms with Gasteiger partial charge in [-0.25, -0.2) is 0 Å². The Kier molecular flexibility index (Phi) is 4.73. The maximum atomic E-state index is 12.2. The molecule has 0 aliphatic carbocycles. The van der Waals surface area contributed by atoms with Crippen LogP contribution in [0.1, 0.15) is 23.0 Å². The molecule has 1 atom stereocenters. The highest BCUT2D eigenvalue weighted by atomic mass is 32.1. The summed E-state index contributed by atoms with van der Waals surface area (Å²) in [6.45, 7) is 2.98. The Bertz CT molecular complexity index is 501. The van der Waals surface area contributed by atoms with Gasteiger partial charge in [0.25, 0.3) is 5.91 Å². The molecular formula is C13H17N3O3S. The molecule has 2 rings (SSSR count). The van der Waals surface area contributed by atoms with Gasteiger partial charge in [0.15, 0.2) is 0 Å². The molecule has 0 radical (unpaired) electrons. The van der Waals surface area contributed by atoms with Crippen molar-refractivity contribution < 1.29 is 14.4 Å². The SMILES string of the molecule is CC(NC(=O)c1cccs1)C(=O)N1CCNC(=O)CC1. The van der Waals surface area contributed by atoms with E-state index in [0.29, 0.717) is 30.9 Å². The molecule has 1 unspecified atom stereocenters. The average molecular weight is 295 g/mol. The summed E-state index contributed by atoms with van der Waals surface area (Å²) in [6.07, 6.45) is 0.303. The van der Waals surface area contributed by atoms with Crippen molar-refractivity contribution in [2.45, 2.75) is 19.4 Å². The predicted molar refractivity (Wildman–Crippen MR) is 75.5 cm³/mol. The lowest BCUT2D eigenvalue weighted by Gasteiger charge is -2.23. The Morgan fingerprint density at radius 3 is 2.95 bits per heavy atom. The standard InChI is InChI=1S/C13H17N3O3S/c1-9(15-12(18)10-3-2-8-20-10)13(19)16-6-4-11(17)14-5-7-16/h2-3,8-9H,4-7H2,1H3,(H,14,17)(H,15,18). The van der Waals surface area contributed by atoms with E-state index in [9.17, 15) is 14.4 Å². The number of hydrogen-bond donors (Lipinski definition) is 2. The lowest BCUT2D eigenvalue weighted by molar-refractivity contribution is -0.132. The molecule has 1 fully saturated rings. The van der Waals surface area contributed by atoms with E-state index in [1.54, 1.807) is 24.0 Å². The molecule has 20 heavy (non-hydrogen) atoms. The quantitative estimate of drug-likeness (QED) is 0.837. The maximum absolute atomic E-state index is 12.2. The number of carbonyl (C=O) groups is 3. The number of rotatable bonds is 3. The van der Waals surface area contributed by atoms with Gasteiger partial charge in [0.1, 0.15) is 6.04 Å². The smallest absolute Gasteiger partial charge is 0.261 e. The molecule has 1 aromatic heterocycles. The van der Waals surface area contributed by atoms with Crippen LogP contribution in [0.5, 0.6) is 0 Å². The normalized spacial score (nSPS) is 17.1. The van der Waals surface area contributed by atoms with Crippen molar-refractivity contribution in [3.63, 3.8) is 0 Å². The fourth-order valence-electron chi connectivity index (χ4n) is 2.00. The van der Waals surface area contributed by atoms with Gasteiger partial charge >= 0.3 is 0 Å². The van der Waals surface area contributed by atoms with Crippen LogP contribution in [0, 0.1) is 0 Å². The van der Waals surface area contributed by atoms with Crippen molar-refractivity contribution in [2.24, 2.45) is 0 Å². The highest BCUT2D eigenvalue weighted by Gasteiger charge is 2.24. The summed E-state index contributed by atoms with van der Waals surface area (Å²) in [5, 5.41) is 7.21. The van der Waals surface area contributed by atoms with Crippen molar-refractivity contribution in [3.05, 3.63) is 22.4 Å². The molecule has 108 valence electrons. The number of nitrogens with zero attached hydrogens (tertiary/aromatic N) is 1. The van der Waals surface area contributed by atoms with Crippen LogP contribution in [0.2, 0.25) is 0 Å². The van der Waals surface area contributed by atoms with Gasteiger partial charge in [-0.2, -0.15) is 0 Å². The molecule has 7 heteroatoms. The van der Waals surface area contributed by atoms with Crippen LogP contribution in [0.15, 0.2) is 17.5 Å². The molecule has 0 bridgehead atoms. The number of amides is 3. The Morgan fingerprint density at radius 1 is 1.45 bits per heavy atom. The molecule has 0 aromatic carbocycles. The van der Waals surface area contributed by atoms with Gasteiger partial charge < -0.3 is 15.5 Å². The third kappa shape index (κ3) is 3.57. The van der Waals surface area contributed by atoms with E-state index in [-0.39, 0.29) is 17.7 Å².